The Hall–Kier alpha value is -1.26. The molecule has 0 radical (unpaired) electrons. The second-order valence-electron chi connectivity index (χ2n) is 5.21. The first kappa shape index (κ1) is 15.8. The molecule has 0 bridgehead atoms. The van der Waals surface area contributed by atoms with E-state index in [9.17, 15) is 9.59 Å². The van der Waals surface area contributed by atoms with Crippen molar-refractivity contribution in [3.63, 3.8) is 0 Å². The van der Waals surface area contributed by atoms with Crippen LogP contribution in [0, 0.1) is 0 Å². The topological polar surface area (TPSA) is 69.6 Å². The molecule has 5 heteroatoms. The molecule has 1 atom stereocenters. The summed E-state index contributed by atoms with van der Waals surface area (Å²) < 4.78 is 0. The quantitative estimate of drug-likeness (QED) is 0.779. The molecular formula is C14H26N2O3. The molecule has 1 aliphatic carbocycles. The Labute approximate surface area is 115 Å². The monoisotopic (exact) mass is 270 g/mol. The summed E-state index contributed by atoms with van der Waals surface area (Å²) in [7, 11) is 0. The Morgan fingerprint density at radius 3 is 2.37 bits per heavy atom. The summed E-state index contributed by atoms with van der Waals surface area (Å²) in [6, 6.07) is -0.722. The van der Waals surface area contributed by atoms with E-state index in [1.54, 1.807) is 4.90 Å². The van der Waals surface area contributed by atoms with Crippen LogP contribution in [-0.4, -0.2) is 40.6 Å². The molecular weight excluding hydrogens is 244 g/mol. The maximum Gasteiger partial charge on any atom is 0.326 e. The van der Waals surface area contributed by atoms with Gasteiger partial charge in [0.25, 0.3) is 0 Å². The molecule has 0 aromatic heterocycles. The second kappa shape index (κ2) is 8.02. The van der Waals surface area contributed by atoms with Gasteiger partial charge in [-0.2, -0.15) is 0 Å². The summed E-state index contributed by atoms with van der Waals surface area (Å²) in [6.45, 7) is 4.50. The molecule has 0 aromatic carbocycles. The van der Waals surface area contributed by atoms with Crippen molar-refractivity contribution in [3.8, 4) is 0 Å². The fourth-order valence-corrected chi connectivity index (χ4v) is 2.74. The fraction of sp³-hybridized carbons (Fsp3) is 0.857. The number of carbonyl (C=O) groups is 2. The molecule has 0 heterocycles. The van der Waals surface area contributed by atoms with Crippen molar-refractivity contribution in [1.82, 2.24) is 10.2 Å². The number of rotatable bonds is 6. The van der Waals surface area contributed by atoms with E-state index in [2.05, 4.69) is 5.32 Å². The number of nitrogens with one attached hydrogen (secondary N) is 1. The summed E-state index contributed by atoms with van der Waals surface area (Å²) in [6.07, 6.45) is 6.84. The largest absolute Gasteiger partial charge is 0.480 e. The minimum absolute atomic E-state index is 0.227. The van der Waals surface area contributed by atoms with Crippen molar-refractivity contribution in [3.05, 3.63) is 0 Å². The van der Waals surface area contributed by atoms with E-state index in [-0.39, 0.29) is 12.1 Å². The molecule has 1 fully saturated rings. The zero-order valence-corrected chi connectivity index (χ0v) is 12.0. The van der Waals surface area contributed by atoms with Crippen molar-refractivity contribution in [1.29, 1.82) is 0 Å². The smallest absolute Gasteiger partial charge is 0.326 e. The predicted octanol–water partition coefficient (Wildman–Crippen LogP) is 2.60. The molecule has 0 spiro atoms. The van der Waals surface area contributed by atoms with Crippen molar-refractivity contribution in [2.45, 2.75) is 70.9 Å². The van der Waals surface area contributed by atoms with Crippen LogP contribution in [0.2, 0.25) is 0 Å². The maximum atomic E-state index is 12.2. The van der Waals surface area contributed by atoms with Crippen LogP contribution in [0.4, 0.5) is 4.79 Å². The second-order valence-corrected chi connectivity index (χ2v) is 5.21. The van der Waals surface area contributed by atoms with Crippen molar-refractivity contribution < 1.29 is 14.7 Å². The molecule has 2 N–H and O–H groups in total. The Balaban J connectivity index is 2.58. The molecule has 1 saturated carbocycles. The summed E-state index contributed by atoms with van der Waals surface area (Å²) in [5, 5.41) is 11.7. The minimum atomic E-state index is -0.949. The number of nitrogens with zero attached hydrogens (tertiary/aromatic N) is 1. The number of aliphatic carboxylic acids is 1. The maximum absolute atomic E-state index is 12.2. The van der Waals surface area contributed by atoms with Gasteiger partial charge in [0.15, 0.2) is 0 Å². The highest BCUT2D eigenvalue weighted by molar-refractivity contribution is 5.82. The van der Waals surface area contributed by atoms with Crippen LogP contribution in [0.1, 0.15) is 58.8 Å². The van der Waals surface area contributed by atoms with Gasteiger partial charge in [-0.3, -0.25) is 0 Å². The number of carboxylic acids is 1. The average Bonchev–Trinajstić information content (AvgIpc) is 2.40. The van der Waals surface area contributed by atoms with Crippen LogP contribution in [0.5, 0.6) is 0 Å². The van der Waals surface area contributed by atoms with Gasteiger partial charge in [-0.15, -0.1) is 0 Å². The number of urea groups is 1. The van der Waals surface area contributed by atoms with Crippen LogP contribution < -0.4 is 5.32 Å². The normalized spacial score (nSPS) is 17.8. The summed E-state index contributed by atoms with van der Waals surface area (Å²) in [5.41, 5.74) is 0. The Morgan fingerprint density at radius 1 is 1.26 bits per heavy atom. The molecule has 19 heavy (non-hydrogen) atoms. The van der Waals surface area contributed by atoms with Gasteiger partial charge in [0.1, 0.15) is 6.04 Å². The molecule has 0 saturated heterocycles. The lowest BCUT2D eigenvalue weighted by atomic mass is 9.94. The molecule has 0 unspecified atom stereocenters. The lowest BCUT2D eigenvalue weighted by Gasteiger charge is -2.34. The van der Waals surface area contributed by atoms with E-state index in [0.29, 0.717) is 13.0 Å². The Bertz CT molecular complexity index is 301. The third-order valence-electron chi connectivity index (χ3n) is 3.79. The van der Waals surface area contributed by atoms with E-state index >= 15 is 0 Å². The standard InChI is InChI=1S/C14H26N2O3/c1-3-8-12(13(17)18)15-14(19)16(4-2)11-9-6-5-7-10-11/h11-12H,3-10H2,1-2H3,(H,15,19)(H,17,18)/t12-/m1/s1. The van der Waals surface area contributed by atoms with E-state index in [1.165, 1.54) is 6.42 Å². The van der Waals surface area contributed by atoms with Gasteiger partial charge in [-0.05, 0) is 26.2 Å². The number of carbonyl (C=O) groups excluding carboxylic acids is 1. The number of hydrogen-bond acceptors (Lipinski definition) is 2. The van der Waals surface area contributed by atoms with Gasteiger partial charge in [0, 0.05) is 12.6 Å². The van der Waals surface area contributed by atoms with Crippen molar-refractivity contribution in [2.75, 3.05) is 6.54 Å². The zero-order valence-electron chi connectivity index (χ0n) is 12.0. The van der Waals surface area contributed by atoms with Crippen LogP contribution >= 0.6 is 0 Å². The van der Waals surface area contributed by atoms with Gasteiger partial charge < -0.3 is 15.3 Å². The first-order valence-corrected chi connectivity index (χ1v) is 7.40. The Kier molecular flexibility index (Phi) is 6.67. The lowest BCUT2D eigenvalue weighted by molar-refractivity contribution is -0.139. The van der Waals surface area contributed by atoms with E-state index in [0.717, 1.165) is 32.1 Å². The number of hydrogen-bond donors (Lipinski definition) is 2. The highest BCUT2D eigenvalue weighted by Gasteiger charge is 2.27. The van der Waals surface area contributed by atoms with Gasteiger partial charge in [-0.1, -0.05) is 32.6 Å². The van der Waals surface area contributed by atoms with Crippen LogP contribution in [0.25, 0.3) is 0 Å². The highest BCUT2D eigenvalue weighted by Crippen LogP contribution is 2.22. The van der Waals surface area contributed by atoms with E-state index < -0.39 is 12.0 Å². The molecule has 1 rings (SSSR count). The Morgan fingerprint density at radius 2 is 1.89 bits per heavy atom. The molecule has 0 aromatic rings. The minimum Gasteiger partial charge on any atom is -0.480 e. The summed E-state index contributed by atoms with van der Waals surface area (Å²) in [4.78, 5) is 25.1. The fourth-order valence-electron chi connectivity index (χ4n) is 2.74. The van der Waals surface area contributed by atoms with Crippen LogP contribution in [0.15, 0.2) is 0 Å². The van der Waals surface area contributed by atoms with Crippen LogP contribution in [0.3, 0.4) is 0 Å². The first-order valence-electron chi connectivity index (χ1n) is 7.40. The molecule has 1 aliphatic rings. The summed E-state index contributed by atoms with van der Waals surface area (Å²) in [5.74, 6) is -0.949. The zero-order chi connectivity index (χ0) is 14.3. The van der Waals surface area contributed by atoms with Gasteiger partial charge in [0.2, 0.25) is 0 Å². The van der Waals surface area contributed by atoms with Gasteiger partial charge in [0.05, 0.1) is 0 Å². The van der Waals surface area contributed by atoms with E-state index in [4.69, 9.17) is 5.11 Å². The number of carboxylic acid groups (broad SMARTS) is 1. The predicted molar refractivity (Wildman–Crippen MR) is 74.1 cm³/mol. The summed E-state index contributed by atoms with van der Waals surface area (Å²) >= 11 is 0. The lowest BCUT2D eigenvalue weighted by Crippen LogP contribution is -2.51. The first-order chi connectivity index (χ1) is 9.10. The molecule has 5 nitrogen and oxygen atoms in total. The van der Waals surface area contributed by atoms with Crippen molar-refractivity contribution in [2.24, 2.45) is 0 Å². The van der Waals surface area contributed by atoms with E-state index in [1.807, 2.05) is 13.8 Å². The average molecular weight is 270 g/mol. The highest BCUT2D eigenvalue weighted by atomic mass is 16.4. The number of amides is 2. The van der Waals surface area contributed by atoms with Crippen LogP contribution in [-0.2, 0) is 4.79 Å². The molecule has 110 valence electrons. The van der Waals surface area contributed by atoms with Gasteiger partial charge in [-0.25, -0.2) is 9.59 Å². The molecule has 2 amide bonds. The van der Waals surface area contributed by atoms with Gasteiger partial charge >= 0.3 is 12.0 Å². The molecule has 0 aliphatic heterocycles. The van der Waals surface area contributed by atoms with Crippen molar-refractivity contribution >= 4 is 12.0 Å². The third kappa shape index (κ3) is 4.73. The SMILES string of the molecule is CCC[C@@H](NC(=O)N(CC)C1CCCCC1)C(=O)O. The third-order valence-corrected chi connectivity index (χ3v) is 3.79.